The smallest absolute Gasteiger partial charge is 0.263 e. The first kappa shape index (κ1) is 20.6. The molecule has 0 aliphatic rings. The van der Waals surface area contributed by atoms with Gasteiger partial charge in [0.1, 0.15) is 0 Å². The van der Waals surface area contributed by atoms with Crippen LogP contribution in [0.5, 0.6) is 5.88 Å². The number of benzene rings is 2. The van der Waals surface area contributed by atoms with Gasteiger partial charge in [0, 0.05) is 23.1 Å². The number of anilines is 2. The molecule has 2 aromatic carbocycles. The van der Waals surface area contributed by atoms with Crippen LogP contribution >= 0.6 is 11.6 Å². The van der Waals surface area contributed by atoms with Crippen molar-refractivity contribution in [2.75, 3.05) is 17.1 Å². The zero-order valence-electron chi connectivity index (χ0n) is 15.3. The van der Waals surface area contributed by atoms with E-state index in [-0.39, 0.29) is 28.9 Å². The van der Waals surface area contributed by atoms with Gasteiger partial charge >= 0.3 is 0 Å². The number of ether oxygens (including phenoxy) is 1. The monoisotopic (exact) mass is 432 g/mol. The van der Waals surface area contributed by atoms with Crippen molar-refractivity contribution in [3.8, 4) is 5.88 Å². The molecular formula is C19H17ClN4O4S. The molecule has 0 atom stereocenters. The van der Waals surface area contributed by atoms with E-state index in [1.165, 1.54) is 43.8 Å². The van der Waals surface area contributed by atoms with Crippen LogP contribution in [0.3, 0.4) is 0 Å². The third-order valence-corrected chi connectivity index (χ3v) is 5.42. The first-order valence-corrected chi connectivity index (χ1v) is 10.3. The van der Waals surface area contributed by atoms with Gasteiger partial charge in [0.15, 0.2) is 0 Å². The summed E-state index contributed by atoms with van der Waals surface area (Å²) in [5, 5.41) is 3.32. The van der Waals surface area contributed by atoms with Crippen LogP contribution in [0.2, 0.25) is 5.02 Å². The highest BCUT2D eigenvalue weighted by molar-refractivity contribution is 7.92. The summed E-state index contributed by atoms with van der Waals surface area (Å²) in [4.78, 5) is 20.0. The summed E-state index contributed by atoms with van der Waals surface area (Å²) >= 11 is 5.83. The van der Waals surface area contributed by atoms with Gasteiger partial charge in [0.25, 0.3) is 15.9 Å². The van der Waals surface area contributed by atoms with Crippen LogP contribution in [0.4, 0.5) is 11.5 Å². The minimum atomic E-state index is -3.90. The average Bonchev–Trinajstić information content (AvgIpc) is 2.70. The van der Waals surface area contributed by atoms with Crippen molar-refractivity contribution in [1.82, 2.24) is 9.97 Å². The summed E-state index contributed by atoms with van der Waals surface area (Å²) in [5.74, 6) is -0.192. The number of hydrogen-bond donors (Lipinski definition) is 2. The highest BCUT2D eigenvalue weighted by Crippen LogP contribution is 2.22. The second-order valence-electron chi connectivity index (χ2n) is 5.90. The molecule has 0 fully saturated rings. The van der Waals surface area contributed by atoms with E-state index in [2.05, 4.69) is 20.0 Å². The van der Waals surface area contributed by atoms with Crippen LogP contribution < -0.4 is 14.8 Å². The van der Waals surface area contributed by atoms with Gasteiger partial charge in [-0.1, -0.05) is 23.7 Å². The normalized spacial score (nSPS) is 11.0. The van der Waals surface area contributed by atoms with Crippen LogP contribution in [-0.2, 0) is 21.2 Å². The summed E-state index contributed by atoms with van der Waals surface area (Å²) in [7, 11) is -2.54. The van der Waals surface area contributed by atoms with E-state index in [9.17, 15) is 13.2 Å². The topological polar surface area (TPSA) is 110 Å². The number of hydrogen-bond acceptors (Lipinski definition) is 6. The summed E-state index contributed by atoms with van der Waals surface area (Å²) in [6, 6.07) is 12.7. The van der Waals surface area contributed by atoms with E-state index >= 15 is 0 Å². The Bertz CT molecular complexity index is 1100. The van der Waals surface area contributed by atoms with E-state index < -0.39 is 10.0 Å². The number of nitrogens with zero attached hydrogens (tertiary/aromatic N) is 2. The van der Waals surface area contributed by atoms with E-state index in [0.717, 1.165) is 5.56 Å². The van der Waals surface area contributed by atoms with Crippen molar-refractivity contribution in [2.45, 2.75) is 11.3 Å². The van der Waals surface area contributed by atoms with E-state index in [1.54, 1.807) is 24.3 Å². The van der Waals surface area contributed by atoms with Gasteiger partial charge in [0.05, 0.1) is 18.4 Å². The van der Waals surface area contributed by atoms with E-state index in [4.69, 9.17) is 16.3 Å². The fourth-order valence-electron chi connectivity index (χ4n) is 2.44. The molecule has 3 aromatic rings. The zero-order valence-corrected chi connectivity index (χ0v) is 16.9. The highest BCUT2D eigenvalue weighted by Gasteiger charge is 2.18. The van der Waals surface area contributed by atoms with Gasteiger partial charge in [-0.05, 0) is 42.0 Å². The second-order valence-corrected chi connectivity index (χ2v) is 8.01. The largest absolute Gasteiger partial charge is 0.478 e. The Labute approximate surface area is 173 Å². The molecule has 10 heteroatoms. The number of nitrogens with one attached hydrogen (secondary N) is 2. The number of methoxy groups -OCH3 is 1. The van der Waals surface area contributed by atoms with Gasteiger partial charge in [-0.25, -0.2) is 18.4 Å². The number of carbonyl (C=O) groups excluding carboxylic acids is 1. The highest BCUT2D eigenvalue weighted by atomic mass is 35.5. The van der Waals surface area contributed by atoms with Crippen molar-refractivity contribution >= 4 is 39.0 Å². The Balaban J connectivity index is 1.67. The quantitative estimate of drug-likeness (QED) is 0.593. The molecule has 0 spiro atoms. The molecule has 0 bridgehead atoms. The number of aromatic nitrogens is 2. The molecule has 29 heavy (non-hydrogen) atoms. The maximum Gasteiger partial charge on any atom is 0.263 e. The zero-order chi connectivity index (χ0) is 20.9. The van der Waals surface area contributed by atoms with Crippen LogP contribution in [0.15, 0.2) is 65.8 Å². The molecular weight excluding hydrogens is 416 g/mol. The van der Waals surface area contributed by atoms with Gasteiger partial charge in [0.2, 0.25) is 11.7 Å². The second kappa shape index (κ2) is 8.89. The minimum Gasteiger partial charge on any atom is -0.478 e. The lowest BCUT2D eigenvalue weighted by Crippen LogP contribution is -2.16. The number of sulfonamides is 1. The summed E-state index contributed by atoms with van der Waals surface area (Å²) in [6.07, 6.45) is 2.91. The van der Waals surface area contributed by atoms with E-state index in [1.807, 2.05) is 0 Å². The standard InChI is InChI=1S/C19H17ClN4O4S/c1-28-19-18(21-10-11-22-19)24-29(26,27)16-8-6-15(7-9-16)23-17(25)12-13-2-4-14(20)5-3-13/h2-11H,12H2,1H3,(H,21,24)(H,23,25). The Morgan fingerprint density at radius 3 is 2.34 bits per heavy atom. The Kier molecular flexibility index (Phi) is 6.30. The lowest BCUT2D eigenvalue weighted by Gasteiger charge is -2.10. The van der Waals surface area contributed by atoms with Crippen molar-refractivity contribution in [3.05, 3.63) is 71.5 Å². The predicted molar refractivity (Wildman–Crippen MR) is 110 cm³/mol. The summed E-state index contributed by atoms with van der Waals surface area (Å²) in [6.45, 7) is 0. The molecule has 0 aliphatic heterocycles. The predicted octanol–water partition coefficient (Wildman–Crippen LogP) is 3.12. The van der Waals surface area contributed by atoms with Crippen LogP contribution in [0, 0.1) is 0 Å². The molecule has 150 valence electrons. The molecule has 0 saturated carbocycles. The van der Waals surface area contributed by atoms with Crippen LogP contribution in [0.25, 0.3) is 0 Å². The molecule has 0 saturated heterocycles. The number of rotatable bonds is 7. The third-order valence-electron chi connectivity index (χ3n) is 3.82. The van der Waals surface area contributed by atoms with Gasteiger partial charge in [-0.2, -0.15) is 0 Å². The number of carbonyl (C=O) groups is 1. The van der Waals surface area contributed by atoms with Gasteiger partial charge in [-0.15, -0.1) is 0 Å². The first-order valence-electron chi connectivity index (χ1n) is 8.39. The SMILES string of the molecule is COc1nccnc1NS(=O)(=O)c1ccc(NC(=O)Cc2ccc(Cl)cc2)cc1. The van der Waals surface area contributed by atoms with Crippen molar-refractivity contribution < 1.29 is 17.9 Å². The van der Waals surface area contributed by atoms with E-state index in [0.29, 0.717) is 10.7 Å². The molecule has 1 heterocycles. The van der Waals surface area contributed by atoms with Gasteiger partial charge < -0.3 is 10.1 Å². The maximum atomic E-state index is 12.5. The maximum absolute atomic E-state index is 12.5. The fourth-order valence-corrected chi connectivity index (χ4v) is 3.57. The molecule has 8 nitrogen and oxygen atoms in total. The molecule has 0 unspecified atom stereocenters. The molecule has 0 aliphatic carbocycles. The third kappa shape index (κ3) is 5.43. The molecule has 2 N–H and O–H groups in total. The van der Waals surface area contributed by atoms with Crippen molar-refractivity contribution in [2.24, 2.45) is 0 Å². The van der Waals surface area contributed by atoms with Crippen LogP contribution in [0.1, 0.15) is 5.56 Å². The molecule has 1 aromatic heterocycles. The van der Waals surface area contributed by atoms with Crippen LogP contribution in [-0.4, -0.2) is 31.4 Å². The Hall–Kier alpha value is -3.17. The molecule has 3 rings (SSSR count). The lowest BCUT2D eigenvalue weighted by molar-refractivity contribution is -0.115. The van der Waals surface area contributed by atoms with Crippen molar-refractivity contribution in [3.63, 3.8) is 0 Å². The molecule has 0 radical (unpaired) electrons. The summed E-state index contributed by atoms with van der Waals surface area (Å²) < 4.78 is 32.4. The molecule has 1 amide bonds. The number of amides is 1. The fraction of sp³-hybridized carbons (Fsp3) is 0.105. The summed E-state index contributed by atoms with van der Waals surface area (Å²) in [5.41, 5.74) is 1.29. The Morgan fingerprint density at radius 2 is 1.69 bits per heavy atom. The lowest BCUT2D eigenvalue weighted by atomic mass is 10.1. The van der Waals surface area contributed by atoms with Gasteiger partial charge in [-0.3, -0.25) is 9.52 Å². The first-order chi connectivity index (χ1) is 13.9. The number of halogens is 1. The Morgan fingerprint density at radius 1 is 1.03 bits per heavy atom. The van der Waals surface area contributed by atoms with Crippen molar-refractivity contribution in [1.29, 1.82) is 0 Å². The average molecular weight is 433 g/mol. The minimum absolute atomic E-state index is 0.000839.